The van der Waals surface area contributed by atoms with Gasteiger partial charge in [0.25, 0.3) is 5.91 Å². The third kappa shape index (κ3) is 3.21. The van der Waals surface area contributed by atoms with Gasteiger partial charge in [-0.15, -0.1) is 11.6 Å². The molecule has 104 valence electrons. The van der Waals surface area contributed by atoms with Crippen LogP contribution in [-0.4, -0.2) is 29.3 Å². The predicted molar refractivity (Wildman–Crippen MR) is 75.4 cm³/mol. The lowest BCUT2D eigenvalue weighted by molar-refractivity contribution is 0.0604. The summed E-state index contributed by atoms with van der Waals surface area (Å²) in [5.41, 5.74) is -0.0226. The number of hydrogen-bond acceptors (Lipinski definition) is 1. The maximum Gasteiger partial charge on any atom is 0.258 e. The van der Waals surface area contributed by atoms with E-state index in [9.17, 15) is 9.18 Å². The Bertz CT molecular complexity index is 445. The molecule has 1 aromatic rings. The van der Waals surface area contributed by atoms with Crippen LogP contribution in [0.1, 0.15) is 36.0 Å². The number of piperidine rings is 1. The summed E-state index contributed by atoms with van der Waals surface area (Å²) in [7, 11) is 0. The molecule has 1 aliphatic heterocycles. The number of alkyl halides is 1. The number of nitrogens with zero attached hydrogens (tertiary/aromatic N) is 1. The Morgan fingerprint density at radius 1 is 1.42 bits per heavy atom. The zero-order chi connectivity index (χ0) is 13.8. The van der Waals surface area contributed by atoms with Gasteiger partial charge in [-0.2, -0.15) is 0 Å². The van der Waals surface area contributed by atoms with Gasteiger partial charge in [-0.3, -0.25) is 4.79 Å². The molecular weight excluding hydrogens is 288 g/mol. The average Bonchev–Trinajstić information content (AvgIpc) is 2.39. The number of carbonyl (C=O) groups excluding carboxylic acids is 1. The van der Waals surface area contributed by atoms with E-state index in [4.69, 9.17) is 23.2 Å². The van der Waals surface area contributed by atoms with Crippen LogP contribution < -0.4 is 0 Å². The van der Waals surface area contributed by atoms with Crippen LogP contribution in [0.15, 0.2) is 18.2 Å². The third-order valence-corrected chi connectivity index (χ3v) is 4.04. The molecule has 1 saturated heterocycles. The normalized spacial score (nSPS) is 19.5. The summed E-state index contributed by atoms with van der Waals surface area (Å²) in [5.74, 6) is -0.384. The summed E-state index contributed by atoms with van der Waals surface area (Å²) in [5, 5.41) is 0.167. The molecule has 19 heavy (non-hydrogen) atoms. The molecule has 2 rings (SSSR count). The first kappa shape index (κ1) is 14.6. The lowest BCUT2D eigenvalue weighted by atomic mass is 9.98. The van der Waals surface area contributed by atoms with Crippen LogP contribution in [0.3, 0.4) is 0 Å². The first-order chi connectivity index (χ1) is 9.15. The largest absolute Gasteiger partial charge is 0.335 e. The van der Waals surface area contributed by atoms with Crippen molar-refractivity contribution in [1.29, 1.82) is 0 Å². The first-order valence-corrected chi connectivity index (χ1v) is 7.37. The molecule has 1 aromatic carbocycles. The van der Waals surface area contributed by atoms with Crippen molar-refractivity contribution in [2.75, 3.05) is 12.4 Å². The van der Waals surface area contributed by atoms with Crippen molar-refractivity contribution in [3.05, 3.63) is 34.6 Å². The van der Waals surface area contributed by atoms with Crippen molar-refractivity contribution >= 4 is 29.1 Å². The highest BCUT2D eigenvalue weighted by Crippen LogP contribution is 2.26. The van der Waals surface area contributed by atoms with E-state index in [1.54, 1.807) is 11.0 Å². The van der Waals surface area contributed by atoms with Crippen LogP contribution in [0.2, 0.25) is 5.02 Å². The minimum atomic E-state index is -0.562. The van der Waals surface area contributed by atoms with Crippen LogP contribution in [0.4, 0.5) is 4.39 Å². The maximum atomic E-state index is 13.8. The molecule has 5 heteroatoms. The van der Waals surface area contributed by atoms with Crippen molar-refractivity contribution in [3.63, 3.8) is 0 Å². The Balaban J connectivity index is 2.26. The van der Waals surface area contributed by atoms with Gasteiger partial charge in [0.05, 0.1) is 10.6 Å². The smallest absolute Gasteiger partial charge is 0.258 e. The maximum absolute atomic E-state index is 13.8. The Morgan fingerprint density at radius 3 is 2.89 bits per heavy atom. The second-order valence-corrected chi connectivity index (χ2v) is 5.51. The molecule has 1 heterocycles. The Morgan fingerprint density at radius 2 is 2.21 bits per heavy atom. The van der Waals surface area contributed by atoms with E-state index in [0.717, 1.165) is 25.7 Å². The number of rotatable bonds is 3. The highest BCUT2D eigenvalue weighted by Gasteiger charge is 2.29. The Kier molecular flexibility index (Phi) is 5.06. The lowest BCUT2D eigenvalue weighted by Crippen LogP contribution is -2.44. The third-order valence-electron chi connectivity index (χ3n) is 3.51. The molecule has 0 N–H and O–H groups in total. The van der Waals surface area contributed by atoms with Crippen molar-refractivity contribution < 1.29 is 9.18 Å². The SMILES string of the molecule is O=C(c1c(F)cccc1Cl)N1CCCCC1CCCl. The average molecular weight is 304 g/mol. The fraction of sp³-hybridized carbons (Fsp3) is 0.500. The highest BCUT2D eigenvalue weighted by molar-refractivity contribution is 6.33. The van der Waals surface area contributed by atoms with E-state index < -0.39 is 5.82 Å². The number of hydrogen-bond donors (Lipinski definition) is 0. The van der Waals surface area contributed by atoms with Crippen molar-refractivity contribution in [2.45, 2.75) is 31.7 Å². The Hall–Kier alpha value is -0.800. The van der Waals surface area contributed by atoms with Crippen LogP contribution in [0, 0.1) is 5.82 Å². The van der Waals surface area contributed by atoms with Gasteiger partial charge in [0.2, 0.25) is 0 Å². The minimum absolute atomic E-state index is 0.0226. The van der Waals surface area contributed by atoms with Crippen LogP contribution in [-0.2, 0) is 0 Å². The summed E-state index contributed by atoms with van der Waals surface area (Å²) < 4.78 is 13.8. The summed E-state index contributed by atoms with van der Waals surface area (Å²) in [6.45, 7) is 0.644. The van der Waals surface area contributed by atoms with E-state index >= 15 is 0 Å². The standard InChI is InChI=1S/C14H16Cl2FNO/c15-8-7-10-4-1-2-9-18(10)14(19)13-11(16)5-3-6-12(13)17/h3,5-6,10H,1-2,4,7-9H2. The Labute approximate surface area is 122 Å². The molecule has 0 aromatic heterocycles. The van der Waals surface area contributed by atoms with Gasteiger partial charge >= 0.3 is 0 Å². The quantitative estimate of drug-likeness (QED) is 0.770. The molecule has 1 fully saturated rings. The number of carbonyl (C=O) groups is 1. The fourth-order valence-corrected chi connectivity index (χ4v) is 3.04. The first-order valence-electron chi connectivity index (χ1n) is 6.46. The lowest BCUT2D eigenvalue weighted by Gasteiger charge is -2.35. The number of amides is 1. The molecule has 0 aliphatic carbocycles. The van der Waals surface area contributed by atoms with Gasteiger partial charge in [-0.25, -0.2) is 4.39 Å². The molecule has 0 saturated carbocycles. The topological polar surface area (TPSA) is 20.3 Å². The molecule has 1 aliphatic rings. The molecular formula is C14H16Cl2FNO. The van der Waals surface area contributed by atoms with Crippen molar-refractivity contribution in [1.82, 2.24) is 4.90 Å². The zero-order valence-electron chi connectivity index (χ0n) is 10.5. The van der Waals surface area contributed by atoms with Gasteiger partial charge < -0.3 is 4.90 Å². The molecule has 1 atom stereocenters. The molecule has 0 spiro atoms. The number of benzene rings is 1. The van der Waals surface area contributed by atoms with E-state index in [0.29, 0.717) is 12.4 Å². The van der Waals surface area contributed by atoms with Gasteiger partial charge in [-0.1, -0.05) is 17.7 Å². The molecule has 1 amide bonds. The summed E-state index contributed by atoms with van der Waals surface area (Å²) >= 11 is 11.7. The highest BCUT2D eigenvalue weighted by atomic mass is 35.5. The van der Waals surface area contributed by atoms with Crippen LogP contribution in [0.25, 0.3) is 0 Å². The van der Waals surface area contributed by atoms with Gasteiger partial charge in [0, 0.05) is 18.5 Å². The monoisotopic (exact) mass is 303 g/mol. The van der Waals surface area contributed by atoms with E-state index in [-0.39, 0.29) is 22.5 Å². The van der Waals surface area contributed by atoms with Crippen LogP contribution >= 0.6 is 23.2 Å². The molecule has 0 radical (unpaired) electrons. The van der Waals surface area contributed by atoms with Crippen molar-refractivity contribution in [2.24, 2.45) is 0 Å². The molecule has 0 bridgehead atoms. The summed E-state index contributed by atoms with van der Waals surface area (Å²) in [4.78, 5) is 14.2. The zero-order valence-corrected chi connectivity index (χ0v) is 12.1. The fourth-order valence-electron chi connectivity index (χ4n) is 2.54. The van der Waals surface area contributed by atoms with Gasteiger partial charge in [0.15, 0.2) is 0 Å². The predicted octanol–water partition coefficient (Wildman–Crippen LogP) is 4.10. The van der Waals surface area contributed by atoms with Gasteiger partial charge in [-0.05, 0) is 37.8 Å². The molecule has 2 nitrogen and oxygen atoms in total. The molecule has 1 unspecified atom stereocenters. The second-order valence-electron chi connectivity index (χ2n) is 4.72. The van der Waals surface area contributed by atoms with E-state index in [2.05, 4.69) is 0 Å². The summed E-state index contributed by atoms with van der Waals surface area (Å²) in [6.07, 6.45) is 3.68. The van der Waals surface area contributed by atoms with Crippen molar-refractivity contribution in [3.8, 4) is 0 Å². The minimum Gasteiger partial charge on any atom is -0.335 e. The summed E-state index contributed by atoms with van der Waals surface area (Å²) in [6, 6.07) is 4.40. The van der Waals surface area contributed by atoms with E-state index in [1.807, 2.05) is 0 Å². The van der Waals surface area contributed by atoms with Crippen LogP contribution in [0.5, 0.6) is 0 Å². The number of halogens is 3. The van der Waals surface area contributed by atoms with Gasteiger partial charge in [0.1, 0.15) is 5.82 Å². The second kappa shape index (κ2) is 6.58. The number of likely N-dealkylation sites (tertiary alicyclic amines) is 1. The van der Waals surface area contributed by atoms with E-state index in [1.165, 1.54) is 12.1 Å².